The Morgan fingerprint density at radius 1 is 0.920 bits per heavy atom. The van der Waals surface area contributed by atoms with Crippen LogP contribution in [0.4, 0.5) is 0 Å². The quantitative estimate of drug-likeness (QED) is 0.450. The van der Waals surface area contributed by atoms with E-state index in [1.165, 1.54) is 4.90 Å². The van der Waals surface area contributed by atoms with Gasteiger partial charge in [-0.25, -0.2) is 4.79 Å². The second-order valence-corrected chi connectivity index (χ2v) is 6.09. The minimum absolute atomic E-state index is 0.227. The van der Waals surface area contributed by atoms with Crippen LogP contribution in [0.1, 0.15) is 43.9 Å². The maximum Gasteiger partial charge on any atom is 0.338 e. The van der Waals surface area contributed by atoms with E-state index < -0.39 is 5.97 Å². The summed E-state index contributed by atoms with van der Waals surface area (Å²) in [5.41, 5.74) is 1.33. The van der Waals surface area contributed by atoms with E-state index in [0.717, 1.165) is 0 Å². The number of rotatable bonds is 6. The van der Waals surface area contributed by atoms with Crippen LogP contribution in [0.5, 0.6) is 0 Å². The van der Waals surface area contributed by atoms with E-state index in [9.17, 15) is 14.4 Å². The summed E-state index contributed by atoms with van der Waals surface area (Å²) in [6, 6.07) is 13.2. The van der Waals surface area contributed by atoms with Crippen molar-refractivity contribution < 1.29 is 19.1 Å². The van der Waals surface area contributed by atoms with E-state index in [-0.39, 0.29) is 18.4 Å². The summed E-state index contributed by atoms with van der Waals surface area (Å²) in [7, 11) is 0. The molecular formula is C19H16ClNO4. The lowest BCUT2D eigenvalue weighted by Gasteiger charge is -2.13. The van der Waals surface area contributed by atoms with Crippen LogP contribution in [-0.2, 0) is 4.74 Å². The first-order valence-electron chi connectivity index (χ1n) is 7.96. The average Bonchev–Trinajstić information content (AvgIpc) is 2.87. The van der Waals surface area contributed by atoms with Crippen LogP contribution < -0.4 is 0 Å². The van der Waals surface area contributed by atoms with E-state index in [1.54, 1.807) is 48.5 Å². The van der Waals surface area contributed by atoms with Gasteiger partial charge in [0, 0.05) is 11.6 Å². The Labute approximate surface area is 150 Å². The molecule has 128 valence electrons. The Hall–Kier alpha value is -2.66. The van der Waals surface area contributed by atoms with Crippen molar-refractivity contribution in [3.63, 3.8) is 0 Å². The Bertz CT molecular complexity index is 781. The highest BCUT2D eigenvalue weighted by Crippen LogP contribution is 2.22. The number of ether oxygens (including phenoxy) is 1. The number of esters is 1. The molecule has 0 bridgehead atoms. The summed E-state index contributed by atoms with van der Waals surface area (Å²) in [6.07, 6.45) is 1.13. The third kappa shape index (κ3) is 3.72. The fourth-order valence-corrected chi connectivity index (χ4v) is 2.77. The molecule has 0 aromatic heterocycles. The van der Waals surface area contributed by atoms with Crippen molar-refractivity contribution >= 4 is 29.4 Å². The normalized spacial score (nSPS) is 13.1. The van der Waals surface area contributed by atoms with Gasteiger partial charge >= 0.3 is 5.97 Å². The van der Waals surface area contributed by atoms with E-state index >= 15 is 0 Å². The van der Waals surface area contributed by atoms with Crippen LogP contribution in [0.25, 0.3) is 0 Å². The van der Waals surface area contributed by atoms with Crippen LogP contribution >= 0.6 is 11.6 Å². The Morgan fingerprint density at radius 3 is 2.12 bits per heavy atom. The van der Waals surface area contributed by atoms with Crippen LogP contribution in [0.15, 0.2) is 48.5 Å². The Balaban J connectivity index is 1.44. The third-order valence-electron chi connectivity index (χ3n) is 3.97. The largest absolute Gasteiger partial charge is 0.462 e. The predicted octanol–water partition coefficient (Wildman–Crippen LogP) is 3.57. The highest BCUT2D eigenvalue weighted by Gasteiger charge is 2.34. The number of benzene rings is 2. The first kappa shape index (κ1) is 17.2. The molecule has 0 saturated heterocycles. The van der Waals surface area contributed by atoms with Gasteiger partial charge in [0.25, 0.3) is 11.8 Å². The van der Waals surface area contributed by atoms with Gasteiger partial charge in [-0.3, -0.25) is 14.5 Å². The second kappa shape index (κ2) is 7.49. The number of carbonyl (C=O) groups is 3. The summed E-state index contributed by atoms with van der Waals surface area (Å²) in [4.78, 5) is 37.5. The number of carbonyl (C=O) groups excluding carboxylic acids is 3. The Morgan fingerprint density at radius 2 is 1.52 bits per heavy atom. The number of imide groups is 1. The molecule has 0 atom stereocenters. The standard InChI is InChI=1S/C19H16ClNO4/c20-14-9-7-13(8-10-14)19(24)25-12-4-3-11-21-17(22)15-5-1-2-6-16(15)18(21)23/h1-2,5-10H,3-4,11-12H2. The number of nitrogens with zero attached hydrogens (tertiary/aromatic N) is 1. The average molecular weight is 358 g/mol. The molecule has 0 radical (unpaired) electrons. The van der Waals surface area contributed by atoms with Crippen LogP contribution in [0, 0.1) is 0 Å². The fraction of sp³-hybridized carbons (Fsp3) is 0.211. The molecule has 1 heterocycles. The van der Waals surface area contributed by atoms with E-state index in [0.29, 0.717) is 41.1 Å². The molecule has 2 amide bonds. The van der Waals surface area contributed by atoms with Crippen molar-refractivity contribution in [3.8, 4) is 0 Å². The zero-order valence-corrected chi connectivity index (χ0v) is 14.2. The number of hydrogen-bond acceptors (Lipinski definition) is 4. The molecule has 2 aromatic carbocycles. The molecule has 5 nitrogen and oxygen atoms in total. The molecule has 3 rings (SSSR count). The van der Waals surface area contributed by atoms with Gasteiger partial charge in [-0.1, -0.05) is 23.7 Å². The van der Waals surface area contributed by atoms with Crippen molar-refractivity contribution in [1.82, 2.24) is 4.90 Å². The van der Waals surface area contributed by atoms with Gasteiger partial charge in [-0.15, -0.1) is 0 Å². The molecule has 1 aliphatic rings. The summed E-state index contributed by atoms with van der Waals surface area (Å²) >= 11 is 5.77. The van der Waals surface area contributed by atoms with Gasteiger partial charge < -0.3 is 4.74 Å². The van der Waals surface area contributed by atoms with Crippen LogP contribution in [0.2, 0.25) is 5.02 Å². The lowest BCUT2D eigenvalue weighted by atomic mass is 10.1. The molecule has 0 saturated carbocycles. The van der Waals surface area contributed by atoms with Gasteiger partial charge in [0.15, 0.2) is 0 Å². The molecule has 0 fully saturated rings. The van der Waals surface area contributed by atoms with E-state index in [1.807, 2.05) is 0 Å². The minimum Gasteiger partial charge on any atom is -0.462 e. The fourth-order valence-electron chi connectivity index (χ4n) is 2.65. The molecule has 0 unspecified atom stereocenters. The molecule has 0 aliphatic carbocycles. The van der Waals surface area contributed by atoms with Crippen molar-refractivity contribution in [3.05, 3.63) is 70.2 Å². The highest BCUT2D eigenvalue weighted by atomic mass is 35.5. The lowest BCUT2D eigenvalue weighted by Crippen LogP contribution is -2.30. The number of fused-ring (bicyclic) bond motifs is 1. The number of unbranched alkanes of at least 4 members (excludes halogenated alkanes) is 1. The van der Waals surface area contributed by atoms with Gasteiger partial charge in [0.05, 0.1) is 23.3 Å². The smallest absolute Gasteiger partial charge is 0.338 e. The maximum atomic E-state index is 12.2. The first-order chi connectivity index (χ1) is 12.1. The summed E-state index contributed by atoms with van der Waals surface area (Å²) in [5.74, 6) is -0.949. The van der Waals surface area contributed by atoms with Crippen molar-refractivity contribution in [2.45, 2.75) is 12.8 Å². The summed E-state index contributed by atoms with van der Waals surface area (Å²) in [5, 5.41) is 0.553. The molecule has 0 N–H and O–H groups in total. The van der Waals surface area contributed by atoms with Gasteiger partial charge in [0.1, 0.15) is 0 Å². The van der Waals surface area contributed by atoms with Crippen LogP contribution in [-0.4, -0.2) is 35.8 Å². The first-order valence-corrected chi connectivity index (χ1v) is 8.33. The number of amides is 2. The predicted molar refractivity (Wildman–Crippen MR) is 92.8 cm³/mol. The topological polar surface area (TPSA) is 63.7 Å². The molecule has 1 aliphatic heterocycles. The van der Waals surface area contributed by atoms with Gasteiger partial charge in [-0.2, -0.15) is 0 Å². The van der Waals surface area contributed by atoms with E-state index in [4.69, 9.17) is 16.3 Å². The summed E-state index contributed by atoms with van der Waals surface area (Å²) in [6.45, 7) is 0.537. The Kier molecular flexibility index (Phi) is 5.14. The zero-order valence-electron chi connectivity index (χ0n) is 13.4. The number of halogens is 1. The van der Waals surface area contributed by atoms with Crippen molar-refractivity contribution in [1.29, 1.82) is 0 Å². The number of hydrogen-bond donors (Lipinski definition) is 0. The van der Waals surface area contributed by atoms with Crippen LogP contribution in [0.3, 0.4) is 0 Å². The molecule has 0 spiro atoms. The third-order valence-corrected chi connectivity index (χ3v) is 4.22. The van der Waals surface area contributed by atoms with Gasteiger partial charge in [-0.05, 0) is 49.2 Å². The van der Waals surface area contributed by atoms with Crippen molar-refractivity contribution in [2.75, 3.05) is 13.2 Å². The van der Waals surface area contributed by atoms with Gasteiger partial charge in [0.2, 0.25) is 0 Å². The second-order valence-electron chi connectivity index (χ2n) is 5.66. The molecule has 25 heavy (non-hydrogen) atoms. The SMILES string of the molecule is O=C(OCCCCN1C(=O)c2ccccc2C1=O)c1ccc(Cl)cc1. The van der Waals surface area contributed by atoms with E-state index in [2.05, 4.69) is 0 Å². The molecular weight excluding hydrogens is 342 g/mol. The molecule has 6 heteroatoms. The lowest BCUT2D eigenvalue weighted by molar-refractivity contribution is 0.0485. The highest BCUT2D eigenvalue weighted by molar-refractivity contribution is 6.30. The molecule has 2 aromatic rings. The monoisotopic (exact) mass is 357 g/mol. The zero-order chi connectivity index (χ0) is 17.8. The maximum absolute atomic E-state index is 12.2. The summed E-state index contributed by atoms with van der Waals surface area (Å²) < 4.78 is 5.18. The minimum atomic E-state index is -0.419. The van der Waals surface area contributed by atoms with Crippen molar-refractivity contribution in [2.24, 2.45) is 0 Å².